The topological polar surface area (TPSA) is 18.5 Å². The Morgan fingerprint density at radius 1 is 1.18 bits per heavy atom. The molecule has 0 N–H and O–H groups in total. The molecule has 0 aromatic rings. The second-order valence-electron chi connectivity index (χ2n) is 2.78. The van der Waals surface area contributed by atoms with Crippen molar-refractivity contribution in [3.8, 4) is 0 Å². The van der Waals surface area contributed by atoms with Crippen LogP contribution in [0.5, 0.6) is 0 Å². The van der Waals surface area contributed by atoms with Gasteiger partial charge >= 0.3 is 0 Å². The SMILES string of the molecule is C1=CC2=C(CCC1)OCCO2. The van der Waals surface area contributed by atoms with Crippen molar-refractivity contribution in [1.82, 2.24) is 0 Å². The smallest absolute Gasteiger partial charge is 0.156 e. The van der Waals surface area contributed by atoms with E-state index in [1.54, 1.807) is 0 Å². The summed E-state index contributed by atoms with van der Waals surface area (Å²) in [5.41, 5.74) is 0. The van der Waals surface area contributed by atoms with Crippen LogP contribution in [-0.2, 0) is 9.47 Å². The molecule has 60 valence electrons. The lowest BCUT2D eigenvalue weighted by atomic mass is 10.2. The number of hydrogen-bond donors (Lipinski definition) is 0. The molecule has 1 heterocycles. The molecule has 0 aromatic heterocycles. The van der Waals surface area contributed by atoms with Gasteiger partial charge in [-0.3, -0.25) is 0 Å². The zero-order valence-electron chi connectivity index (χ0n) is 6.51. The summed E-state index contributed by atoms with van der Waals surface area (Å²) in [5, 5.41) is 0. The molecule has 0 amide bonds. The molecule has 0 fully saturated rings. The Morgan fingerprint density at radius 3 is 3.09 bits per heavy atom. The molecular formula is C9H12O2. The lowest BCUT2D eigenvalue weighted by Gasteiger charge is -2.19. The largest absolute Gasteiger partial charge is 0.491 e. The lowest BCUT2D eigenvalue weighted by molar-refractivity contribution is 0.0650. The number of allylic oxidation sites excluding steroid dienone is 3. The quantitative estimate of drug-likeness (QED) is 0.528. The van der Waals surface area contributed by atoms with Crippen LogP contribution in [0.2, 0.25) is 0 Å². The monoisotopic (exact) mass is 152 g/mol. The standard InChI is InChI=1S/C9H12O2/c1-2-4-8-9(5-3-1)11-7-6-10-8/h2,4H,1,3,5-7H2. The summed E-state index contributed by atoms with van der Waals surface area (Å²) in [7, 11) is 0. The van der Waals surface area contributed by atoms with E-state index < -0.39 is 0 Å². The van der Waals surface area contributed by atoms with Crippen molar-refractivity contribution >= 4 is 0 Å². The molecule has 2 nitrogen and oxygen atoms in total. The molecule has 0 saturated heterocycles. The van der Waals surface area contributed by atoms with Crippen LogP contribution in [0.25, 0.3) is 0 Å². The minimum atomic E-state index is 0.698. The van der Waals surface area contributed by atoms with Gasteiger partial charge in [-0.05, 0) is 18.9 Å². The van der Waals surface area contributed by atoms with Crippen LogP contribution in [0.3, 0.4) is 0 Å². The third-order valence-electron chi connectivity index (χ3n) is 1.94. The second kappa shape index (κ2) is 2.99. The van der Waals surface area contributed by atoms with Crippen molar-refractivity contribution in [3.63, 3.8) is 0 Å². The summed E-state index contributed by atoms with van der Waals surface area (Å²) in [6.45, 7) is 1.41. The number of ether oxygens (including phenoxy) is 2. The Kier molecular flexibility index (Phi) is 1.84. The first-order chi connectivity index (χ1) is 5.47. The van der Waals surface area contributed by atoms with E-state index in [4.69, 9.17) is 9.47 Å². The van der Waals surface area contributed by atoms with E-state index in [2.05, 4.69) is 6.08 Å². The Labute approximate surface area is 66.5 Å². The molecule has 0 bridgehead atoms. The van der Waals surface area contributed by atoms with Crippen molar-refractivity contribution < 1.29 is 9.47 Å². The molecule has 0 unspecified atom stereocenters. The maximum atomic E-state index is 5.47. The summed E-state index contributed by atoms with van der Waals surface area (Å²) < 4.78 is 10.9. The Bertz CT molecular complexity index is 204. The molecule has 11 heavy (non-hydrogen) atoms. The normalized spacial score (nSPS) is 23.3. The fourth-order valence-electron chi connectivity index (χ4n) is 1.38. The molecule has 2 rings (SSSR count). The van der Waals surface area contributed by atoms with Gasteiger partial charge in [0.05, 0.1) is 0 Å². The van der Waals surface area contributed by atoms with Gasteiger partial charge in [0.25, 0.3) is 0 Å². The molecule has 1 aliphatic carbocycles. The van der Waals surface area contributed by atoms with Gasteiger partial charge in [-0.2, -0.15) is 0 Å². The lowest BCUT2D eigenvalue weighted by Crippen LogP contribution is -2.12. The van der Waals surface area contributed by atoms with Crippen molar-refractivity contribution in [3.05, 3.63) is 23.7 Å². The highest BCUT2D eigenvalue weighted by molar-refractivity contribution is 5.19. The third-order valence-corrected chi connectivity index (χ3v) is 1.94. The summed E-state index contributed by atoms with van der Waals surface area (Å²) in [6.07, 6.45) is 7.53. The number of hydrogen-bond acceptors (Lipinski definition) is 2. The van der Waals surface area contributed by atoms with Gasteiger partial charge in [0.1, 0.15) is 19.0 Å². The predicted molar refractivity (Wildman–Crippen MR) is 41.9 cm³/mol. The van der Waals surface area contributed by atoms with Crippen LogP contribution in [0.15, 0.2) is 23.7 Å². The zero-order chi connectivity index (χ0) is 7.52. The Morgan fingerprint density at radius 2 is 2.09 bits per heavy atom. The maximum absolute atomic E-state index is 5.47. The van der Waals surface area contributed by atoms with Gasteiger partial charge < -0.3 is 9.47 Å². The highest BCUT2D eigenvalue weighted by Crippen LogP contribution is 2.23. The Balaban J connectivity index is 2.20. The minimum Gasteiger partial charge on any atom is -0.491 e. The van der Waals surface area contributed by atoms with E-state index in [0.717, 1.165) is 24.4 Å². The molecule has 2 heteroatoms. The van der Waals surface area contributed by atoms with E-state index in [1.807, 2.05) is 6.08 Å². The first kappa shape index (κ1) is 6.77. The van der Waals surface area contributed by atoms with Crippen LogP contribution in [0, 0.1) is 0 Å². The molecular weight excluding hydrogens is 140 g/mol. The maximum Gasteiger partial charge on any atom is 0.156 e. The summed E-state index contributed by atoms with van der Waals surface area (Å²) in [4.78, 5) is 0. The van der Waals surface area contributed by atoms with Crippen molar-refractivity contribution in [2.75, 3.05) is 13.2 Å². The fraction of sp³-hybridized carbons (Fsp3) is 0.556. The van der Waals surface area contributed by atoms with Gasteiger partial charge in [-0.1, -0.05) is 6.08 Å². The number of rotatable bonds is 0. The van der Waals surface area contributed by atoms with Crippen LogP contribution >= 0.6 is 0 Å². The van der Waals surface area contributed by atoms with Crippen LogP contribution in [0.1, 0.15) is 19.3 Å². The van der Waals surface area contributed by atoms with Gasteiger partial charge in [-0.25, -0.2) is 0 Å². The zero-order valence-corrected chi connectivity index (χ0v) is 6.51. The third kappa shape index (κ3) is 1.39. The predicted octanol–water partition coefficient (Wildman–Crippen LogP) is 1.98. The first-order valence-corrected chi connectivity index (χ1v) is 4.12. The molecule has 0 spiro atoms. The fourth-order valence-corrected chi connectivity index (χ4v) is 1.38. The van der Waals surface area contributed by atoms with Crippen LogP contribution in [0.4, 0.5) is 0 Å². The van der Waals surface area contributed by atoms with Crippen LogP contribution in [-0.4, -0.2) is 13.2 Å². The van der Waals surface area contributed by atoms with E-state index in [1.165, 1.54) is 6.42 Å². The van der Waals surface area contributed by atoms with Crippen molar-refractivity contribution in [2.45, 2.75) is 19.3 Å². The van der Waals surface area contributed by atoms with E-state index in [9.17, 15) is 0 Å². The molecule has 0 saturated carbocycles. The first-order valence-electron chi connectivity index (χ1n) is 4.12. The average Bonchev–Trinajstić information content (AvgIpc) is 2.28. The van der Waals surface area contributed by atoms with Crippen LogP contribution < -0.4 is 0 Å². The highest BCUT2D eigenvalue weighted by Gasteiger charge is 2.13. The van der Waals surface area contributed by atoms with Crippen molar-refractivity contribution in [1.29, 1.82) is 0 Å². The molecule has 0 aromatic carbocycles. The van der Waals surface area contributed by atoms with Gasteiger partial charge in [0.2, 0.25) is 0 Å². The Hall–Kier alpha value is -0.920. The average molecular weight is 152 g/mol. The van der Waals surface area contributed by atoms with E-state index in [-0.39, 0.29) is 0 Å². The highest BCUT2D eigenvalue weighted by atomic mass is 16.6. The van der Waals surface area contributed by atoms with Crippen molar-refractivity contribution in [2.24, 2.45) is 0 Å². The second-order valence-corrected chi connectivity index (χ2v) is 2.78. The van der Waals surface area contributed by atoms with Gasteiger partial charge in [0.15, 0.2) is 5.76 Å². The summed E-state index contributed by atoms with van der Waals surface area (Å²) in [6, 6.07) is 0. The van der Waals surface area contributed by atoms with Gasteiger partial charge in [0, 0.05) is 6.42 Å². The minimum absolute atomic E-state index is 0.698. The van der Waals surface area contributed by atoms with Gasteiger partial charge in [-0.15, -0.1) is 0 Å². The van der Waals surface area contributed by atoms with E-state index >= 15 is 0 Å². The molecule has 0 radical (unpaired) electrons. The molecule has 2 aliphatic rings. The molecule has 1 aliphatic heterocycles. The summed E-state index contributed by atoms with van der Waals surface area (Å²) in [5.74, 6) is 2.00. The summed E-state index contributed by atoms with van der Waals surface area (Å²) >= 11 is 0. The van der Waals surface area contributed by atoms with E-state index in [0.29, 0.717) is 13.2 Å². The molecule has 0 atom stereocenters.